The number of amides is 1. The van der Waals surface area contributed by atoms with Crippen LogP contribution in [0, 0.1) is 0 Å². The molecule has 1 amide bonds. The summed E-state index contributed by atoms with van der Waals surface area (Å²) in [5.41, 5.74) is -0.0225. The maximum Gasteiger partial charge on any atom is 0.330 e. The molecule has 143 valence electrons. The van der Waals surface area contributed by atoms with Crippen LogP contribution in [0.25, 0.3) is 0 Å². The first kappa shape index (κ1) is 20.9. The number of carbonyl (C=O) groups is 1. The lowest BCUT2D eigenvalue weighted by Gasteiger charge is -2.37. The molecular formula is C19H31BN3O3. The third-order valence-electron chi connectivity index (χ3n) is 5.12. The van der Waals surface area contributed by atoms with Crippen molar-refractivity contribution in [3.63, 3.8) is 0 Å². The van der Waals surface area contributed by atoms with Gasteiger partial charge in [-0.2, -0.15) is 0 Å². The summed E-state index contributed by atoms with van der Waals surface area (Å²) < 4.78 is 5.74. The largest absolute Gasteiger partial charge is 0.427 e. The Kier molecular flexibility index (Phi) is 6.85. The highest BCUT2D eigenvalue weighted by Gasteiger charge is 2.35. The van der Waals surface area contributed by atoms with Crippen molar-refractivity contribution in [2.24, 2.45) is 0 Å². The highest BCUT2D eigenvalue weighted by molar-refractivity contribution is 6.47. The fourth-order valence-corrected chi connectivity index (χ4v) is 2.41. The quantitative estimate of drug-likeness (QED) is 0.701. The maximum absolute atomic E-state index is 12.2. The Morgan fingerprint density at radius 3 is 2.27 bits per heavy atom. The number of carbonyl (C=O) groups excluding carboxylic acids is 1. The van der Waals surface area contributed by atoms with Crippen molar-refractivity contribution in [2.75, 3.05) is 45.1 Å². The number of likely N-dealkylation sites (N-methyl/N-ethyl adjacent to an activating group) is 1. The Morgan fingerprint density at radius 2 is 1.73 bits per heavy atom. The third kappa shape index (κ3) is 6.09. The van der Waals surface area contributed by atoms with E-state index in [9.17, 15) is 9.90 Å². The smallest absolute Gasteiger partial charge is 0.330 e. The third-order valence-corrected chi connectivity index (χ3v) is 5.12. The zero-order chi connectivity index (χ0) is 19.4. The van der Waals surface area contributed by atoms with E-state index >= 15 is 0 Å². The zero-order valence-corrected chi connectivity index (χ0v) is 16.6. The first-order valence-electron chi connectivity index (χ1n) is 9.11. The van der Waals surface area contributed by atoms with Gasteiger partial charge in [-0.15, -0.1) is 0 Å². The van der Waals surface area contributed by atoms with E-state index in [0.29, 0.717) is 6.54 Å². The van der Waals surface area contributed by atoms with E-state index in [1.807, 2.05) is 38.1 Å². The molecule has 0 spiro atoms. The summed E-state index contributed by atoms with van der Waals surface area (Å²) in [5.74, 6) is 0.00527. The van der Waals surface area contributed by atoms with E-state index in [1.54, 1.807) is 21.3 Å². The van der Waals surface area contributed by atoms with Crippen molar-refractivity contribution in [3.05, 3.63) is 24.3 Å². The van der Waals surface area contributed by atoms with Crippen LogP contribution in [0.3, 0.4) is 0 Å². The SMILES string of the molecule is CN1CCN(CC(=O)Nc2ccc([B]OC(C)(C)C(C)(C)O)cc2)CC1. The molecule has 0 bridgehead atoms. The van der Waals surface area contributed by atoms with Crippen LogP contribution in [0.1, 0.15) is 27.7 Å². The van der Waals surface area contributed by atoms with Crippen LogP contribution in [-0.2, 0) is 9.45 Å². The second kappa shape index (κ2) is 8.52. The zero-order valence-electron chi connectivity index (χ0n) is 16.6. The fourth-order valence-electron chi connectivity index (χ4n) is 2.41. The molecule has 1 aromatic rings. The Bertz CT molecular complexity index is 591. The summed E-state index contributed by atoms with van der Waals surface area (Å²) in [6, 6.07) is 7.47. The van der Waals surface area contributed by atoms with Gasteiger partial charge in [0.25, 0.3) is 0 Å². The number of nitrogens with one attached hydrogen (secondary N) is 1. The van der Waals surface area contributed by atoms with E-state index in [2.05, 4.69) is 22.2 Å². The lowest BCUT2D eigenvalue weighted by Crippen LogP contribution is -2.49. The minimum atomic E-state index is -0.958. The average molecular weight is 360 g/mol. The Labute approximate surface area is 157 Å². The van der Waals surface area contributed by atoms with Gasteiger partial charge in [0.05, 0.1) is 17.7 Å². The first-order chi connectivity index (χ1) is 12.1. The Morgan fingerprint density at radius 1 is 1.15 bits per heavy atom. The molecule has 1 aromatic carbocycles. The predicted octanol–water partition coefficient (Wildman–Crippen LogP) is 0.683. The lowest BCUT2D eigenvalue weighted by atomic mass is 9.82. The highest BCUT2D eigenvalue weighted by Crippen LogP contribution is 2.24. The fraction of sp³-hybridized carbons (Fsp3) is 0.632. The molecule has 1 heterocycles. The maximum atomic E-state index is 12.2. The molecule has 0 atom stereocenters. The molecule has 1 radical (unpaired) electrons. The molecule has 1 aliphatic heterocycles. The molecule has 1 aliphatic rings. The first-order valence-corrected chi connectivity index (χ1v) is 9.11. The molecule has 0 unspecified atom stereocenters. The van der Waals surface area contributed by atoms with Crippen molar-refractivity contribution in [1.82, 2.24) is 9.80 Å². The summed E-state index contributed by atoms with van der Waals surface area (Å²) in [5, 5.41) is 13.1. The number of benzene rings is 1. The number of rotatable bonds is 7. The van der Waals surface area contributed by atoms with E-state index in [0.717, 1.165) is 37.3 Å². The molecule has 0 aromatic heterocycles. The molecule has 6 nitrogen and oxygen atoms in total. The van der Waals surface area contributed by atoms with Gasteiger partial charge < -0.3 is 20.0 Å². The van der Waals surface area contributed by atoms with Gasteiger partial charge in [-0.05, 0) is 46.9 Å². The van der Waals surface area contributed by atoms with Gasteiger partial charge in [-0.25, -0.2) is 0 Å². The van der Waals surface area contributed by atoms with E-state index in [1.165, 1.54) is 0 Å². The molecule has 7 heteroatoms. The second-order valence-corrected chi connectivity index (χ2v) is 8.05. The number of anilines is 1. The van der Waals surface area contributed by atoms with Crippen LogP contribution < -0.4 is 10.8 Å². The van der Waals surface area contributed by atoms with Crippen LogP contribution in [0.2, 0.25) is 0 Å². The number of hydrogen-bond acceptors (Lipinski definition) is 5. The minimum Gasteiger partial charge on any atom is -0.427 e. The summed E-state index contributed by atoms with van der Waals surface area (Å²) in [6.07, 6.45) is 0. The molecule has 1 saturated heterocycles. The summed E-state index contributed by atoms with van der Waals surface area (Å²) in [4.78, 5) is 16.6. The topological polar surface area (TPSA) is 65.0 Å². The van der Waals surface area contributed by atoms with Gasteiger partial charge in [-0.1, -0.05) is 17.6 Å². The van der Waals surface area contributed by atoms with Gasteiger partial charge in [0.1, 0.15) is 0 Å². The van der Waals surface area contributed by atoms with E-state index in [4.69, 9.17) is 4.65 Å². The Balaban J connectivity index is 1.81. The van der Waals surface area contributed by atoms with Gasteiger partial charge in [-0.3, -0.25) is 9.69 Å². The molecular weight excluding hydrogens is 329 g/mol. The standard InChI is InChI=1S/C19H31BN3O3/c1-18(2,25)19(3,4)26-20-15-6-8-16(9-7-15)21-17(24)14-23-12-10-22(5)11-13-23/h6-9,25H,10-14H2,1-5H3,(H,21,24). The predicted molar refractivity (Wildman–Crippen MR) is 106 cm³/mol. The van der Waals surface area contributed by atoms with Crippen LogP contribution in [0.4, 0.5) is 5.69 Å². The average Bonchev–Trinajstić information content (AvgIpc) is 2.55. The van der Waals surface area contributed by atoms with Crippen LogP contribution >= 0.6 is 0 Å². The van der Waals surface area contributed by atoms with Gasteiger partial charge in [0.2, 0.25) is 5.91 Å². The van der Waals surface area contributed by atoms with Gasteiger partial charge in [0, 0.05) is 31.9 Å². The monoisotopic (exact) mass is 360 g/mol. The van der Waals surface area contributed by atoms with E-state index in [-0.39, 0.29) is 5.91 Å². The highest BCUT2D eigenvalue weighted by atomic mass is 16.5. The van der Waals surface area contributed by atoms with Crippen molar-refractivity contribution >= 4 is 24.5 Å². The summed E-state index contributed by atoms with van der Waals surface area (Å²) in [6.45, 7) is 11.4. The van der Waals surface area contributed by atoms with Gasteiger partial charge in [0.15, 0.2) is 0 Å². The summed E-state index contributed by atoms with van der Waals surface area (Å²) in [7, 11) is 3.73. The van der Waals surface area contributed by atoms with Crippen molar-refractivity contribution in [3.8, 4) is 0 Å². The number of aliphatic hydroxyl groups is 1. The summed E-state index contributed by atoms with van der Waals surface area (Å²) >= 11 is 0. The molecule has 26 heavy (non-hydrogen) atoms. The molecule has 1 fully saturated rings. The minimum absolute atomic E-state index is 0.00527. The van der Waals surface area contributed by atoms with Crippen LogP contribution in [-0.4, -0.2) is 79.3 Å². The van der Waals surface area contributed by atoms with Crippen LogP contribution in [0.15, 0.2) is 24.3 Å². The normalized spacial score (nSPS) is 17.2. The van der Waals surface area contributed by atoms with Crippen LogP contribution in [0.5, 0.6) is 0 Å². The van der Waals surface area contributed by atoms with Crippen molar-refractivity contribution in [2.45, 2.75) is 38.9 Å². The van der Waals surface area contributed by atoms with Crippen molar-refractivity contribution in [1.29, 1.82) is 0 Å². The number of nitrogens with zero attached hydrogens (tertiary/aromatic N) is 2. The van der Waals surface area contributed by atoms with Gasteiger partial charge >= 0.3 is 7.48 Å². The second-order valence-electron chi connectivity index (χ2n) is 8.05. The number of hydrogen-bond donors (Lipinski definition) is 2. The molecule has 0 saturated carbocycles. The Hall–Kier alpha value is -1.41. The molecule has 2 rings (SSSR count). The number of piperazine rings is 1. The van der Waals surface area contributed by atoms with Crippen molar-refractivity contribution < 1.29 is 14.6 Å². The van der Waals surface area contributed by atoms with E-state index < -0.39 is 11.2 Å². The lowest BCUT2D eigenvalue weighted by molar-refractivity contribution is -0.117. The molecule has 0 aliphatic carbocycles. The molecule has 2 N–H and O–H groups in total.